The number of nitrogens with one attached hydrogen (secondary N) is 1. The van der Waals surface area contributed by atoms with E-state index in [9.17, 15) is 4.79 Å². The fourth-order valence-corrected chi connectivity index (χ4v) is 1.68. The van der Waals surface area contributed by atoms with E-state index in [1.54, 1.807) is 0 Å². The van der Waals surface area contributed by atoms with Crippen molar-refractivity contribution in [2.24, 2.45) is 0 Å². The van der Waals surface area contributed by atoms with E-state index in [0.717, 1.165) is 6.54 Å². The third-order valence-corrected chi connectivity index (χ3v) is 2.55. The Morgan fingerprint density at radius 1 is 1.71 bits per heavy atom. The highest BCUT2D eigenvalue weighted by Gasteiger charge is 2.30. The van der Waals surface area contributed by atoms with Crippen molar-refractivity contribution in [3.63, 3.8) is 0 Å². The molecule has 0 aromatic carbocycles. The van der Waals surface area contributed by atoms with E-state index in [1.807, 2.05) is 19.0 Å². The van der Waals surface area contributed by atoms with Crippen LogP contribution >= 0.6 is 0 Å². The lowest BCUT2D eigenvalue weighted by Crippen LogP contribution is -2.55. The molecule has 5 heteroatoms. The first-order valence-corrected chi connectivity index (χ1v) is 4.81. The van der Waals surface area contributed by atoms with Crippen molar-refractivity contribution in [2.75, 3.05) is 27.3 Å². The zero-order chi connectivity index (χ0) is 10.6. The molecular formula is C9H18N2O3. The van der Waals surface area contributed by atoms with E-state index >= 15 is 0 Å². The van der Waals surface area contributed by atoms with Crippen LogP contribution in [0, 0.1) is 0 Å². The van der Waals surface area contributed by atoms with Crippen LogP contribution in [0.1, 0.15) is 13.3 Å². The molecule has 1 aliphatic rings. The summed E-state index contributed by atoms with van der Waals surface area (Å²) >= 11 is 0. The molecule has 0 amide bonds. The molecule has 5 nitrogen and oxygen atoms in total. The summed E-state index contributed by atoms with van der Waals surface area (Å²) in [6, 6.07) is 0.0567. The van der Waals surface area contributed by atoms with Crippen molar-refractivity contribution in [3.05, 3.63) is 0 Å². The molecular weight excluding hydrogens is 184 g/mol. The first-order valence-electron chi connectivity index (χ1n) is 4.81. The van der Waals surface area contributed by atoms with Crippen LogP contribution in [0.15, 0.2) is 0 Å². The molecule has 2 unspecified atom stereocenters. The van der Waals surface area contributed by atoms with Gasteiger partial charge in [0, 0.05) is 6.54 Å². The first kappa shape index (κ1) is 11.4. The molecule has 2 atom stereocenters. The van der Waals surface area contributed by atoms with Gasteiger partial charge in [-0.15, -0.1) is 0 Å². The Labute approximate surface area is 84.3 Å². The highest BCUT2D eigenvalue weighted by Crippen LogP contribution is 2.15. The van der Waals surface area contributed by atoms with Crippen LogP contribution in [-0.2, 0) is 14.3 Å². The Bertz CT molecular complexity index is 198. The zero-order valence-electron chi connectivity index (χ0n) is 8.95. The number of esters is 1. The average Bonchev–Trinajstić information content (AvgIpc) is 2.20. The van der Waals surface area contributed by atoms with Gasteiger partial charge in [0.1, 0.15) is 0 Å². The van der Waals surface area contributed by atoms with Crippen molar-refractivity contribution in [1.29, 1.82) is 0 Å². The molecule has 0 spiro atoms. The van der Waals surface area contributed by atoms with Gasteiger partial charge in [-0.1, -0.05) is 0 Å². The quantitative estimate of drug-likeness (QED) is 0.641. The number of nitrogens with zero attached hydrogens (tertiary/aromatic N) is 1. The lowest BCUT2D eigenvalue weighted by molar-refractivity contribution is -0.147. The van der Waals surface area contributed by atoms with Crippen molar-refractivity contribution in [1.82, 2.24) is 10.4 Å². The Morgan fingerprint density at radius 3 is 3.00 bits per heavy atom. The molecule has 0 aliphatic carbocycles. The normalized spacial score (nSPS) is 28.8. The number of methoxy groups -OCH3 is 1. The lowest BCUT2D eigenvalue weighted by atomic mass is 10.1. The van der Waals surface area contributed by atoms with Gasteiger partial charge in [0.15, 0.2) is 0 Å². The molecule has 1 aliphatic heterocycles. The number of morpholine rings is 1. The molecule has 0 aromatic heterocycles. The number of hydrogen-bond acceptors (Lipinski definition) is 5. The maximum atomic E-state index is 11.2. The SMILES string of the molecule is CNN1CCOC(C)C1CC(=O)OC. The van der Waals surface area contributed by atoms with Crippen LogP contribution in [0.2, 0.25) is 0 Å². The van der Waals surface area contributed by atoms with E-state index in [-0.39, 0.29) is 18.1 Å². The largest absolute Gasteiger partial charge is 0.469 e. The lowest BCUT2D eigenvalue weighted by Gasteiger charge is -2.38. The summed E-state index contributed by atoms with van der Waals surface area (Å²) in [5, 5.41) is 2.02. The second kappa shape index (κ2) is 5.29. The van der Waals surface area contributed by atoms with Crippen molar-refractivity contribution in [2.45, 2.75) is 25.5 Å². The minimum absolute atomic E-state index is 0.0512. The molecule has 0 bridgehead atoms. The van der Waals surface area contributed by atoms with Crippen molar-refractivity contribution in [3.8, 4) is 0 Å². The Kier molecular flexibility index (Phi) is 4.31. The summed E-state index contributed by atoms with van der Waals surface area (Å²) in [7, 11) is 3.25. The van der Waals surface area contributed by atoms with E-state index in [4.69, 9.17) is 4.74 Å². The molecule has 1 saturated heterocycles. The molecule has 0 radical (unpaired) electrons. The van der Waals surface area contributed by atoms with Gasteiger partial charge in [0.2, 0.25) is 0 Å². The van der Waals surface area contributed by atoms with Crippen LogP contribution < -0.4 is 5.43 Å². The molecule has 82 valence electrons. The fraction of sp³-hybridized carbons (Fsp3) is 0.889. The number of carbonyl (C=O) groups is 1. The van der Waals surface area contributed by atoms with Gasteiger partial charge in [0.05, 0.1) is 32.3 Å². The smallest absolute Gasteiger partial charge is 0.307 e. The zero-order valence-corrected chi connectivity index (χ0v) is 8.95. The van der Waals surface area contributed by atoms with E-state index in [2.05, 4.69) is 10.2 Å². The highest BCUT2D eigenvalue weighted by atomic mass is 16.5. The highest BCUT2D eigenvalue weighted by molar-refractivity contribution is 5.70. The summed E-state index contributed by atoms with van der Waals surface area (Å²) in [6.07, 6.45) is 0.411. The fourth-order valence-electron chi connectivity index (χ4n) is 1.68. The van der Waals surface area contributed by atoms with E-state index in [1.165, 1.54) is 7.11 Å². The number of hydrazine groups is 1. The van der Waals surface area contributed by atoms with Gasteiger partial charge < -0.3 is 9.47 Å². The number of carbonyl (C=O) groups excluding carboxylic acids is 1. The molecule has 1 N–H and O–H groups in total. The summed E-state index contributed by atoms with van der Waals surface area (Å²) in [5.41, 5.74) is 3.06. The average molecular weight is 202 g/mol. The summed E-state index contributed by atoms with van der Waals surface area (Å²) in [4.78, 5) is 11.2. The molecule has 0 saturated carbocycles. The van der Waals surface area contributed by atoms with Crippen LogP contribution in [0.3, 0.4) is 0 Å². The number of rotatable bonds is 3. The topological polar surface area (TPSA) is 50.8 Å². The van der Waals surface area contributed by atoms with E-state index in [0.29, 0.717) is 13.0 Å². The maximum absolute atomic E-state index is 11.2. The maximum Gasteiger partial charge on any atom is 0.307 e. The standard InChI is InChI=1S/C9H18N2O3/c1-7-8(6-9(12)13-3)11(10-2)4-5-14-7/h7-8,10H,4-6H2,1-3H3. The third kappa shape index (κ3) is 2.67. The van der Waals surface area contributed by atoms with Gasteiger partial charge >= 0.3 is 5.97 Å². The summed E-state index contributed by atoms with van der Waals surface area (Å²) < 4.78 is 10.1. The molecule has 14 heavy (non-hydrogen) atoms. The van der Waals surface area contributed by atoms with Crippen LogP contribution in [0.25, 0.3) is 0 Å². The molecule has 1 rings (SSSR count). The third-order valence-electron chi connectivity index (χ3n) is 2.55. The minimum Gasteiger partial charge on any atom is -0.469 e. The Hall–Kier alpha value is -0.650. The predicted molar refractivity (Wildman–Crippen MR) is 51.6 cm³/mol. The van der Waals surface area contributed by atoms with Crippen LogP contribution in [0.5, 0.6) is 0 Å². The molecule has 1 fully saturated rings. The second-order valence-corrected chi connectivity index (χ2v) is 3.34. The van der Waals surface area contributed by atoms with Gasteiger partial charge in [-0.25, -0.2) is 5.01 Å². The van der Waals surface area contributed by atoms with Gasteiger partial charge in [0.25, 0.3) is 0 Å². The van der Waals surface area contributed by atoms with Crippen molar-refractivity contribution >= 4 is 5.97 Å². The second-order valence-electron chi connectivity index (χ2n) is 3.34. The van der Waals surface area contributed by atoms with Gasteiger partial charge in [-0.3, -0.25) is 10.2 Å². The summed E-state index contributed by atoms with van der Waals surface area (Å²) in [6.45, 7) is 3.46. The minimum atomic E-state index is -0.201. The molecule has 1 heterocycles. The number of ether oxygens (including phenoxy) is 2. The summed E-state index contributed by atoms with van der Waals surface area (Å²) in [5.74, 6) is -0.201. The Balaban J connectivity index is 2.54. The Morgan fingerprint density at radius 2 is 2.43 bits per heavy atom. The van der Waals surface area contributed by atoms with Crippen LogP contribution in [0.4, 0.5) is 0 Å². The molecule has 0 aromatic rings. The monoisotopic (exact) mass is 202 g/mol. The predicted octanol–water partition coefficient (Wildman–Crippen LogP) is -0.227. The first-order chi connectivity index (χ1) is 6.69. The van der Waals surface area contributed by atoms with E-state index < -0.39 is 0 Å². The van der Waals surface area contributed by atoms with Crippen molar-refractivity contribution < 1.29 is 14.3 Å². The van der Waals surface area contributed by atoms with Gasteiger partial charge in [-0.05, 0) is 14.0 Å². The van der Waals surface area contributed by atoms with Crippen LogP contribution in [-0.4, -0.2) is 50.4 Å². The van der Waals surface area contributed by atoms with Gasteiger partial charge in [-0.2, -0.15) is 0 Å². The number of hydrogen-bond donors (Lipinski definition) is 1.